The highest BCUT2D eigenvalue weighted by molar-refractivity contribution is 7.43. The van der Waals surface area contributed by atoms with Gasteiger partial charge in [-0.1, -0.05) is 25.0 Å². The highest BCUT2D eigenvalue weighted by Crippen LogP contribution is 2.26. The van der Waals surface area contributed by atoms with Crippen molar-refractivity contribution in [1.29, 1.82) is 5.26 Å². The van der Waals surface area contributed by atoms with Gasteiger partial charge in [0, 0.05) is 0 Å². The molecule has 0 saturated heterocycles. The van der Waals surface area contributed by atoms with Crippen LogP contribution in [0.4, 0.5) is 0 Å². The van der Waals surface area contributed by atoms with Crippen LogP contribution in [0.3, 0.4) is 0 Å². The van der Waals surface area contributed by atoms with Gasteiger partial charge >= 0.3 is 0 Å². The number of phosphoric acid groups is 1. The van der Waals surface area contributed by atoms with Gasteiger partial charge in [0.1, 0.15) is 0 Å². The Morgan fingerprint density at radius 2 is 1.36 bits per heavy atom. The van der Waals surface area contributed by atoms with Crippen molar-refractivity contribution in [2.75, 3.05) is 0 Å². The lowest BCUT2D eigenvalue weighted by atomic mass is 9.97. The summed E-state index contributed by atoms with van der Waals surface area (Å²) >= 11 is 0. The Morgan fingerprint density at radius 3 is 1.64 bits per heavy atom. The molecule has 0 atom stereocenters. The van der Waals surface area contributed by atoms with Gasteiger partial charge in [-0.05, 0) is 69.1 Å². The van der Waals surface area contributed by atoms with E-state index in [9.17, 15) is 14.4 Å². The molecule has 0 aromatic heterocycles. The monoisotopic (exact) mass is 411 g/mol. The van der Waals surface area contributed by atoms with Crippen LogP contribution in [-0.2, 0) is 15.7 Å². The summed E-state index contributed by atoms with van der Waals surface area (Å²) in [6.07, 6.45) is 14.1. The second-order valence-corrected chi connectivity index (χ2v) is 8.69. The Bertz CT molecular complexity index is 599. The van der Waals surface area contributed by atoms with Crippen LogP contribution in [0.25, 0.3) is 0 Å². The first-order chi connectivity index (χ1) is 13.3. The molecule has 8 heteroatoms. The van der Waals surface area contributed by atoms with E-state index in [-0.39, 0.29) is 6.61 Å². The third-order valence-electron chi connectivity index (χ3n) is 4.92. The average Bonchev–Trinajstić information content (AvgIpc) is 2.68. The molecule has 0 heterocycles. The van der Waals surface area contributed by atoms with Gasteiger partial charge in [-0.3, -0.25) is 0 Å². The summed E-state index contributed by atoms with van der Waals surface area (Å²) in [4.78, 5) is 20.3. The maximum Gasteiger partial charge on any atom is 0.0991 e. The summed E-state index contributed by atoms with van der Waals surface area (Å²) in [5.41, 5.74) is 8.98. The SMILES string of the molecule is N#Cc1ccc(COP(=O)([O-])[O-])cc1.[NH3+]C1CCCCC1.[NH3+]C1CCCCC1. The normalized spacial score (nSPS) is 18.1. The summed E-state index contributed by atoms with van der Waals surface area (Å²) in [5.74, 6) is 0. The van der Waals surface area contributed by atoms with Crippen molar-refractivity contribution in [3.8, 4) is 6.07 Å². The van der Waals surface area contributed by atoms with Gasteiger partial charge in [0.25, 0.3) is 0 Å². The molecular formula is C20H34N3O4P. The third-order valence-corrected chi connectivity index (χ3v) is 5.37. The smallest absolute Gasteiger partial charge is 0.0991 e. The Kier molecular flexibility index (Phi) is 12.2. The van der Waals surface area contributed by atoms with Crippen LogP contribution in [0.2, 0.25) is 0 Å². The molecule has 6 N–H and O–H groups in total. The van der Waals surface area contributed by atoms with Crippen LogP contribution < -0.4 is 21.3 Å². The van der Waals surface area contributed by atoms with Crippen LogP contribution in [0.15, 0.2) is 24.3 Å². The number of nitrogens with zero attached hydrogens (tertiary/aromatic N) is 1. The quantitative estimate of drug-likeness (QED) is 0.712. The maximum atomic E-state index is 10.1. The van der Waals surface area contributed by atoms with Gasteiger partial charge < -0.3 is 30.3 Å². The zero-order valence-corrected chi connectivity index (χ0v) is 17.6. The zero-order valence-electron chi connectivity index (χ0n) is 16.7. The molecule has 0 bridgehead atoms. The third kappa shape index (κ3) is 13.0. The molecule has 1 aromatic carbocycles. The average molecular weight is 411 g/mol. The predicted octanol–water partition coefficient (Wildman–Crippen LogP) is 1.03. The van der Waals surface area contributed by atoms with Crippen molar-refractivity contribution in [2.45, 2.75) is 82.9 Å². The second kappa shape index (κ2) is 13.8. The summed E-state index contributed by atoms with van der Waals surface area (Å²) in [7, 11) is -4.91. The molecule has 2 aliphatic carbocycles. The second-order valence-electron chi connectivity index (χ2n) is 7.54. The molecule has 2 fully saturated rings. The maximum absolute atomic E-state index is 10.1. The van der Waals surface area contributed by atoms with Crippen molar-refractivity contribution in [3.05, 3.63) is 35.4 Å². The van der Waals surface area contributed by atoms with Crippen molar-refractivity contribution >= 4 is 7.82 Å². The van der Waals surface area contributed by atoms with Crippen LogP contribution in [0.1, 0.15) is 75.3 Å². The highest BCUT2D eigenvalue weighted by atomic mass is 31.2. The minimum atomic E-state index is -4.91. The van der Waals surface area contributed by atoms with E-state index >= 15 is 0 Å². The van der Waals surface area contributed by atoms with Crippen LogP contribution in [-0.4, -0.2) is 12.1 Å². The number of quaternary nitrogens is 2. The van der Waals surface area contributed by atoms with Gasteiger partial charge in [-0.15, -0.1) is 0 Å². The van der Waals surface area contributed by atoms with Gasteiger partial charge in [0.15, 0.2) is 0 Å². The Labute approximate surface area is 168 Å². The van der Waals surface area contributed by atoms with Crippen molar-refractivity contribution in [2.24, 2.45) is 0 Å². The molecule has 0 radical (unpaired) electrons. The number of rotatable bonds is 3. The van der Waals surface area contributed by atoms with Crippen molar-refractivity contribution < 1.29 is 30.3 Å². The number of benzene rings is 1. The largest absolute Gasteiger partial charge is 0.790 e. The lowest BCUT2D eigenvalue weighted by Crippen LogP contribution is -2.61. The van der Waals surface area contributed by atoms with E-state index in [2.05, 4.69) is 16.0 Å². The lowest BCUT2D eigenvalue weighted by molar-refractivity contribution is -0.425. The minimum absolute atomic E-state index is 0.296. The number of phosphoric ester groups is 1. The fourth-order valence-corrected chi connectivity index (χ4v) is 3.51. The van der Waals surface area contributed by atoms with Crippen molar-refractivity contribution in [3.63, 3.8) is 0 Å². The van der Waals surface area contributed by atoms with Crippen LogP contribution in [0, 0.1) is 11.3 Å². The molecule has 7 nitrogen and oxygen atoms in total. The molecular weight excluding hydrogens is 377 g/mol. The lowest BCUT2D eigenvalue weighted by Gasteiger charge is -2.28. The topological polar surface area (TPSA) is 151 Å². The summed E-state index contributed by atoms with van der Waals surface area (Å²) < 4.78 is 14.2. The van der Waals surface area contributed by atoms with Gasteiger partial charge in [-0.25, -0.2) is 0 Å². The van der Waals surface area contributed by atoms with E-state index in [1.807, 2.05) is 6.07 Å². The van der Waals surface area contributed by atoms with Crippen molar-refractivity contribution in [1.82, 2.24) is 0 Å². The molecule has 158 valence electrons. The van der Waals surface area contributed by atoms with E-state index in [1.54, 1.807) is 0 Å². The first-order valence-electron chi connectivity index (χ1n) is 10.1. The van der Waals surface area contributed by atoms with E-state index in [1.165, 1.54) is 88.5 Å². The first-order valence-corrected chi connectivity index (χ1v) is 11.6. The Balaban J connectivity index is 0.000000233. The molecule has 28 heavy (non-hydrogen) atoms. The predicted molar refractivity (Wildman–Crippen MR) is 103 cm³/mol. The molecule has 3 rings (SSSR count). The molecule has 0 spiro atoms. The van der Waals surface area contributed by atoms with Gasteiger partial charge in [-0.2, -0.15) is 5.26 Å². The Hall–Kier alpha value is -1.26. The van der Waals surface area contributed by atoms with E-state index < -0.39 is 7.82 Å². The number of hydrogen-bond acceptors (Lipinski definition) is 5. The molecule has 0 amide bonds. The van der Waals surface area contributed by atoms with Gasteiger partial charge in [0.2, 0.25) is 0 Å². The molecule has 0 unspecified atom stereocenters. The first kappa shape index (κ1) is 24.8. The molecule has 2 aliphatic rings. The van der Waals surface area contributed by atoms with E-state index in [4.69, 9.17) is 5.26 Å². The fraction of sp³-hybridized carbons (Fsp3) is 0.650. The molecule has 0 aliphatic heterocycles. The van der Waals surface area contributed by atoms with E-state index in [0.717, 1.165) is 12.1 Å². The van der Waals surface area contributed by atoms with Crippen LogP contribution in [0.5, 0.6) is 0 Å². The minimum Gasteiger partial charge on any atom is -0.790 e. The number of hydrogen-bond donors (Lipinski definition) is 2. The van der Waals surface area contributed by atoms with Gasteiger partial charge in [0.05, 0.1) is 38.1 Å². The summed E-state index contributed by atoms with van der Waals surface area (Å²) in [6.45, 7) is -0.296. The standard InChI is InChI=1S/C8H8NO4P.2C6H13N/c9-5-7-1-3-8(4-2-7)6-13-14(10,11)12;2*7-6-4-2-1-3-5-6/h1-4H,6H2,(H2,10,11,12);2*6H,1-5,7H2. The van der Waals surface area contributed by atoms with Crippen LogP contribution >= 0.6 is 7.82 Å². The molecule has 2 saturated carbocycles. The number of nitriles is 1. The molecule has 1 aromatic rings. The highest BCUT2D eigenvalue weighted by Gasteiger charge is 2.10. The summed E-state index contributed by atoms with van der Waals surface area (Å²) in [5, 5.41) is 8.46. The summed E-state index contributed by atoms with van der Waals surface area (Å²) in [6, 6.07) is 9.55. The zero-order chi connectivity index (χ0) is 20.8. The fourth-order valence-electron chi connectivity index (χ4n) is 3.20. The van der Waals surface area contributed by atoms with E-state index in [0.29, 0.717) is 11.1 Å². The Morgan fingerprint density at radius 1 is 0.929 bits per heavy atom.